The van der Waals surface area contributed by atoms with Crippen molar-refractivity contribution in [1.29, 1.82) is 0 Å². The highest BCUT2D eigenvalue weighted by molar-refractivity contribution is 7.91. The summed E-state index contributed by atoms with van der Waals surface area (Å²) in [6.45, 7) is 2.70. The predicted octanol–water partition coefficient (Wildman–Crippen LogP) is 1.43. The van der Waals surface area contributed by atoms with Crippen molar-refractivity contribution in [2.24, 2.45) is 5.73 Å². The number of thiophene rings is 1. The SMILES string of the molecule is Cc1cc(S(=O)(=O)N2CC[C@H](N)C2)sc1Cl. The molecule has 1 saturated heterocycles. The number of aryl methyl sites for hydroxylation is 1. The van der Waals surface area contributed by atoms with E-state index in [2.05, 4.69) is 0 Å². The zero-order valence-electron chi connectivity index (χ0n) is 8.81. The van der Waals surface area contributed by atoms with Crippen molar-refractivity contribution >= 4 is 33.0 Å². The predicted molar refractivity (Wildman–Crippen MR) is 65.4 cm³/mol. The molecular weight excluding hydrogens is 268 g/mol. The Balaban J connectivity index is 2.32. The maximum Gasteiger partial charge on any atom is 0.252 e. The van der Waals surface area contributed by atoms with E-state index in [1.807, 2.05) is 0 Å². The molecule has 1 aromatic rings. The highest BCUT2D eigenvalue weighted by Crippen LogP contribution is 2.32. The number of halogens is 1. The zero-order chi connectivity index (χ0) is 11.9. The van der Waals surface area contributed by atoms with Gasteiger partial charge in [-0.3, -0.25) is 0 Å². The Morgan fingerprint density at radius 1 is 1.62 bits per heavy atom. The molecule has 0 unspecified atom stereocenters. The molecule has 2 N–H and O–H groups in total. The molecule has 1 fully saturated rings. The molecule has 1 aromatic heterocycles. The van der Waals surface area contributed by atoms with E-state index < -0.39 is 10.0 Å². The second-order valence-corrected chi connectivity index (χ2v) is 7.75. The molecule has 1 aliphatic rings. The highest BCUT2D eigenvalue weighted by atomic mass is 35.5. The molecule has 0 saturated carbocycles. The van der Waals surface area contributed by atoms with Gasteiger partial charge in [-0.15, -0.1) is 11.3 Å². The Kier molecular flexibility index (Phi) is 3.29. The summed E-state index contributed by atoms with van der Waals surface area (Å²) < 4.78 is 26.6. The maximum atomic E-state index is 12.2. The van der Waals surface area contributed by atoms with E-state index in [4.69, 9.17) is 17.3 Å². The molecule has 2 heterocycles. The zero-order valence-corrected chi connectivity index (χ0v) is 11.2. The molecule has 2 rings (SSSR count). The van der Waals surface area contributed by atoms with Gasteiger partial charge in [-0.05, 0) is 25.0 Å². The van der Waals surface area contributed by atoms with Crippen LogP contribution in [0.4, 0.5) is 0 Å². The second-order valence-electron chi connectivity index (χ2n) is 3.93. The molecule has 0 aliphatic carbocycles. The summed E-state index contributed by atoms with van der Waals surface area (Å²) in [5.74, 6) is 0. The standard InChI is InChI=1S/C9H13ClN2O2S2/c1-6-4-8(15-9(6)10)16(13,14)12-3-2-7(11)5-12/h4,7H,2-3,5,11H2,1H3/t7-/m0/s1. The van der Waals surface area contributed by atoms with Gasteiger partial charge < -0.3 is 5.73 Å². The molecule has 7 heteroatoms. The molecule has 0 spiro atoms. The van der Waals surface area contributed by atoms with Gasteiger partial charge in [0.2, 0.25) is 0 Å². The molecular formula is C9H13ClN2O2S2. The van der Waals surface area contributed by atoms with Gasteiger partial charge in [0.25, 0.3) is 10.0 Å². The van der Waals surface area contributed by atoms with Crippen LogP contribution in [0, 0.1) is 6.92 Å². The summed E-state index contributed by atoms with van der Waals surface area (Å²) in [5, 5.41) is 0. The summed E-state index contributed by atoms with van der Waals surface area (Å²) in [6.07, 6.45) is 0.720. The van der Waals surface area contributed by atoms with Crippen LogP contribution in [0.5, 0.6) is 0 Å². The average molecular weight is 281 g/mol. The minimum atomic E-state index is -3.39. The molecule has 0 radical (unpaired) electrons. The fraction of sp³-hybridized carbons (Fsp3) is 0.556. The van der Waals surface area contributed by atoms with E-state index in [0.29, 0.717) is 21.6 Å². The van der Waals surface area contributed by atoms with Crippen molar-refractivity contribution in [3.05, 3.63) is 16.0 Å². The third-order valence-corrected chi connectivity index (χ3v) is 6.49. The van der Waals surface area contributed by atoms with Crippen LogP contribution in [0.15, 0.2) is 10.3 Å². The largest absolute Gasteiger partial charge is 0.326 e. The smallest absolute Gasteiger partial charge is 0.252 e. The molecule has 90 valence electrons. The normalized spacial score (nSPS) is 22.8. The van der Waals surface area contributed by atoms with E-state index in [1.54, 1.807) is 13.0 Å². The Bertz CT molecular complexity index is 478. The first-order chi connectivity index (χ1) is 7.41. The Morgan fingerprint density at radius 3 is 2.75 bits per heavy atom. The molecule has 1 aliphatic heterocycles. The van der Waals surface area contributed by atoms with Gasteiger partial charge in [0, 0.05) is 19.1 Å². The lowest BCUT2D eigenvalue weighted by Gasteiger charge is -2.13. The van der Waals surface area contributed by atoms with E-state index >= 15 is 0 Å². The number of hydrogen-bond donors (Lipinski definition) is 1. The average Bonchev–Trinajstić information content (AvgIpc) is 2.75. The van der Waals surface area contributed by atoms with Gasteiger partial charge in [-0.1, -0.05) is 11.6 Å². The summed E-state index contributed by atoms with van der Waals surface area (Å²) in [4.78, 5) is 0. The van der Waals surface area contributed by atoms with E-state index in [-0.39, 0.29) is 6.04 Å². The van der Waals surface area contributed by atoms with Crippen molar-refractivity contribution in [2.75, 3.05) is 13.1 Å². The summed E-state index contributed by atoms with van der Waals surface area (Å²) in [5.41, 5.74) is 6.51. The van der Waals surface area contributed by atoms with E-state index in [1.165, 1.54) is 4.31 Å². The quantitative estimate of drug-likeness (QED) is 0.891. The number of nitrogens with zero attached hydrogens (tertiary/aromatic N) is 1. The first kappa shape index (κ1) is 12.3. The monoisotopic (exact) mass is 280 g/mol. The van der Waals surface area contributed by atoms with Crippen LogP contribution in [-0.2, 0) is 10.0 Å². The Hall–Kier alpha value is -0.140. The van der Waals surface area contributed by atoms with Crippen molar-refractivity contribution in [3.8, 4) is 0 Å². The maximum absolute atomic E-state index is 12.2. The highest BCUT2D eigenvalue weighted by Gasteiger charge is 2.32. The van der Waals surface area contributed by atoms with Crippen molar-refractivity contribution < 1.29 is 8.42 Å². The molecule has 0 aromatic carbocycles. The first-order valence-electron chi connectivity index (χ1n) is 4.93. The fourth-order valence-corrected chi connectivity index (χ4v) is 5.03. The Morgan fingerprint density at radius 2 is 2.31 bits per heavy atom. The lowest BCUT2D eigenvalue weighted by Crippen LogP contribution is -2.31. The van der Waals surface area contributed by atoms with Crippen LogP contribution < -0.4 is 5.73 Å². The van der Waals surface area contributed by atoms with Gasteiger partial charge in [0.15, 0.2) is 0 Å². The van der Waals surface area contributed by atoms with Crippen LogP contribution in [0.1, 0.15) is 12.0 Å². The molecule has 0 bridgehead atoms. The van der Waals surface area contributed by atoms with Crippen LogP contribution >= 0.6 is 22.9 Å². The van der Waals surface area contributed by atoms with Crippen molar-refractivity contribution in [2.45, 2.75) is 23.6 Å². The summed E-state index contributed by atoms with van der Waals surface area (Å²) in [6, 6.07) is 1.57. The number of rotatable bonds is 2. The van der Waals surface area contributed by atoms with Gasteiger partial charge in [-0.25, -0.2) is 8.42 Å². The minimum absolute atomic E-state index is 0.0497. The van der Waals surface area contributed by atoms with Gasteiger partial charge in [0.1, 0.15) is 4.21 Å². The summed E-state index contributed by atoms with van der Waals surface area (Å²) in [7, 11) is -3.39. The molecule has 0 amide bonds. The lowest BCUT2D eigenvalue weighted by molar-refractivity contribution is 0.474. The van der Waals surface area contributed by atoms with Gasteiger partial charge in [0.05, 0.1) is 4.34 Å². The third kappa shape index (κ3) is 2.12. The van der Waals surface area contributed by atoms with Crippen LogP contribution in [0.2, 0.25) is 4.34 Å². The molecule has 4 nitrogen and oxygen atoms in total. The van der Waals surface area contributed by atoms with E-state index in [0.717, 1.165) is 23.3 Å². The van der Waals surface area contributed by atoms with Gasteiger partial charge >= 0.3 is 0 Å². The van der Waals surface area contributed by atoms with Gasteiger partial charge in [-0.2, -0.15) is 4.31 Å². The second kappa shape index (κ2) is 4.27. The number of nitrogens with two attached hydrogens (primary N) is 1. The van der Waals surface area contributed by atoms with Crippen molar-refractivity contribution in [1.82, 2.24) is 4.31 Å². The van der Waals surface area contributed by atoms with Crippen LogP contribution in [-0.4, -0.2) is 31.9 Å². The topological polar surface area (TPSA) is 63.4 Å². The van der Waals surface area contributed by atoms with Crippen molar-refractivity contribution in [3.63, 3.8) is 0 Å². The first-order valence-corrected chi connectivity index (χ1v) is 7.56. The Labute approximate surface area is 104 Å². The lowest BCUT2D eigenvalue weighted by atomic mass is 10.3. The molecule has 16 heavy (non-hydrogen) atoms. The summed E-state index contributed by atoms with van der Waals surface area (Å²) >= 11 is 6.99. The van der Waals surface area contributed by atoms with E-state index in [9.17, 15) is 8.42 Å². The molecule has 1 atom stereocenters. The minimum Gasteiger partial charge on any atom is -0.326 e. The number of hydrogen-bond acceptors (Lipinski definition) is 4. The van der Waals surface area contributed by atoms with Crippen LogP contribution in [0.3, 0.4) is 0 Å². The van der Waals surface area contributed by atoms with Crippen LogP contribution in [0.25, 0.3) is 0 Å². The fourth-order valence-electron chi connectivity index (χ4n) is 1.66. The third-order valence-electron chi connectivity index (χ3n) is 2.62. The number of sulfonamides is 1.